The Hall–Kier alpha value is -3.09. The summed E-state index contributed by atoms with van der Waals surface area (Å²) in [5.41, 5.74) is 3.17. The van der Waals surface area contributed by atoms with Crippen molar-refractivity contribution in [2.75, 3.05) is 21.3 Å². The first-order valence-electron chi connectivity index (χ1n) is 6.97. The van der Waals surface area contributed by atoms with Crippen LogP contribution in [0.15, 0.2) is 41.5 Å². The Balaban J connectivity index is 2.08. The van der Waals surface area contributed by atoms with Crippen LogP contribution in [-0.2, 0) is 0 Å². The summed E-state index contributed by atoms with van der Waals surface area (Å²) in [4.78, 5) is 12.1. The van der Waals surface area contributed by atoms with Crippen molar-refractivity contribution in [1.29, 1.82) is 0 Å². The summed E-state index contributed by atoms with van der Waals surface area (Å²) < 4.78 is 28.6. The van der Waals surface area contributed by atoms with Crippen molar-refractivity contribution in [1.82, 2.24) is 5.43 Å². The Kier molecular flexibility index (Phi) is 5.73. The average Bonchev–Trinajstić information content (AvgIpc) is 2.61. The lowest BCUT2D eigenvalue weighted by atomic mass is 10.2. The van der Waals surface area contributed by atoms with Crippen molar-refractivity contribution in [3.8, 4) is 17.2 Å². The van der Waals surface area contributed by atoms with Gasteiger partial charge in [0.1, 0.15) is 11.5 Å². The lowest BCUT2D eigenvalue weighted by Crippen LogP contribution is -2.17. The highest BCUT2D eigenvalue weighted by Crippen LogP contribution is 2.22. The molecule has 2 rings (SSSR count). The lowest BCUT2D eigenvalue weighted by Gasteiger charge is -2.07. The quantitative estimate of drug-likeness (QED) is 0.652. The Labute approximate surface area is 138 Å². The maximum Gasteiger partial charge on any atom is 0.271 e. The molecule has 0 aromatic heterocycles. The van der Waals surface area contributed by atoms with Gasteiger partial charge in [0.05, 0.1) is 27.5 Å². The van der Waals surface area contributed by atoms with Gasteiger partial charge < -0.3 is 14.2 Å². The number of carbonyl (C=O) groups excluding carboxylic acids is 1. The lowest BCUT2D eigenvalue weighted by molar-refractivity contribution is 0.0954. The van der Waals surface area contributed by atoms with Gasteiger partial charge in [0.2, 0.25) is 0 Å². The standard InChI is InChI=1S/C17H17FN2O4/c1-22-13-7-12(8-14(9-13)23-2)17(21)20-19-10-11-4-5-16(24-3)15(18)6-11/h4-10H,1-3H3,(H,20,21)/b19-10-. The monoisotopic (exact) mass is 332 g/mol. The van der Waals surface area contributed by atoms with Gasteiger partial charge in [-0.1, -0.05) is 0 Å². The number of ether oxygens (including phenoxy) is 3. The topological polar surface area (TPSA) is 69.2 Å². The van der Waals surface area contributed by atoms with Gasteiger partial charge in [-0.2, -0.15) is 5.10 Å². The molecule has 6 nitrogen and oxygen atoms in total. The zero-order valence-corrected chi connectivity index (χ0v) is 13.5. The maximum absolute atomic E-state index is 13.6. The molecule has 0 atom stereocenters. The Morgan fingerprint density at radius 2 is 1.71 bits per heavy atom. The first-order valence-corrected chi connectivity index (χ1v) is 6.97. The third-order valence-corrected chi connectivity index (χ3v) is 3.17. The van der Waals surface area contributed by atoms with Crippen LogP contribution < -0.4 is 19.6 Å². The van der Waals surface area contributed by atoms with Crippen molar-refractivity contribution < 1.29 is 23.4 Å². The highest BCUT2D eigenvalue weighted by atomic mass is 19.1. The number of hydrazone groups is 1. The summed E-state index contributed by atoms with van der Waals surface area (Å²) in [6, 6.07) is 9.11. The Morgan fingerprint density at radius 1 is 1.04 bits per heavy atom. The summed E-state index contributed by atoms with van der Waals surface area (Å²) in [5, 5.41) is 3.81. The summed E-state index contributed by atoms with van der Waals surface area (Å²) in [6.45, 7) is 0. The van der Waals surface area contributed by atoms with E-state index in [9.17, 15) is 9.18 Å². The van der Waals surface area contributed by atoms with Gasteiger partial charge in [-0.15, -0.1) is 0 Å². The molecule has 1 N–H and O–H groups in total. The van der Waals surface area contributed by atoms with Crippen LogP contribution in [0.25, 0.3) is 0 Å². The Morgan fingerprint density at radius 3 is 2.25 bits per heavy atom. The van der Waals surface area contributed by atoms with E-state index in [1.807, 2.05) is 0 Å². The molecule has 0 fully saturated rings. The molecule has 0 aliphatic heterocycles. The number of rotatable bonds is 6. The van der Waals surface area contributed by atoms with Gasteiger partial charge >= 0.3 is 0 Å². The van der Waals surface area contributed by atoms with Crippen molar-refractivity contribution in [2.45, 2.75) is 0 Å². The van der Waals surface area contributed by atoms with Gasteiger partial charge in [0.15, 0.2) is 11.6 Å². The largest absolute Gasteiger partial charge is 0.497 e. The van der Waals surface area contributed by atoms with Gasteiger partial charge in [-0.25, -0.2) is 9.82 Å². The van der Waals surface area contributed by atoms with Crippen LogP contribution >= 0.6 is 0 Å². The van der Waals surface area contributed by atoms with Gasteiger partial charge in [-0.3, -0.25) is 4.79 Å². The van der Waals surface area contributed by atoms with E-state index in [4.69, 9.17) is 14.2 Å². The zero-order valence-electron chi connectivity index (χ0n) is 13.5. The van der Waals surface area contributed by atoms with Crippen LogP contribution in [0.5, 0.6) is 17.2 Å². The highest BCUT2D eigenvalue weighted by molar-refractivity contribution is 5.95. The summed E-state index contributed by atoms with van der Waals surface area (Å²) in [6.07, 6.45) is 1.33. The van der Waals surface area contributed by atoms with Gasteiger partial charge in [0, 0.05) is 11.6 Å². The van der Waals surface area contributed by atoms with Crippen molar-refractivity contribution in [3.05, 3.63) is 53.3 Å². The molecule has 0 spiro atoms. The van der Waals surface area contributed by atoms with Gasteiger partial charge in [-0.05, 0) is 35.9 Å². The number of benzene rings is 2. The predicted molar refractivity (Wildman–Crippen MR) is 87.6 cm³/mol. The van der Waals surface area contributed by atoms with E-state index in [0.717, 1.165) is 0 Å². The fourth-order valence-corrected chi connectivity index (χ4v) is 1.93. The molecule has 0 heterocycles. The van der Waals surface area contributed by atoms with E-state index < -0.39 is 11.7 Å². The second-order valence-corrected chi connectivity index (χ2v) is 4.69. The fraction of sp³-hybridized carbons (Fsp3) is 0.176. The third-order valence-electron chi connectivity index (χ3n) is 3.17. The first kappa shape index (κ1) is 17.3. The summed E-state index contributed by atoms with van der Waals surface area (Å²) >= 11 is 0. The number of amides is 1. The number of hydrogen-bond donors (Lipinski definition) is 1. The molecule has 0 aliphatic carbocycles. The van der Waals surface area contributed by atoms with Crippen LogP contribution in [0.4, 0.5) is 4.39 Å². The van der Waals surface area contributed by atoms with Gasteiger partial charge in [0.25, 0.3) is 5.91 Å². The number of halogens is 1. The number of methoxy groups -OCH3 is 3. The molecular weight excluding hydrogens is 315 g/mol. The molecule has 0 unspecified atom stereocenters. The molecule has 7 heteroatoms. The minimum absolute atomic E-state index is 0.139. The normalized spacial score (nSPS) is 10.5. The average molecular weight is 332 g/mol. The molecule has 24 heavy (non-hydrogen) atoms. The number of carbonyl (C=O) groups is 1. The molecule has 0 saturated heterocycles. The molecule has 0 saturated carbocycles. The number of hydrogen-bond acceptors (Lipinski definition) is 5. The predicted octanol–water partition coefficient (Wildman–Crippen LogP) is 2.62. The number of nitrogens with zero attached hydrogens (tertiary/aromatic N) is 1. The van der Waals surface area contributed by atoms with Crippen molar-refractivity contribution in [2.24, 2.45) is 5.10 Å². The smallest absolute Gasteiger partial charge is 0.271 e. The van der Waals surface area contributed by atoms with Crippen LogP contribution in [0.2, 0.25) is 0 Å². The second-order valence-electron chi connectivity index (χ2n) is 4.69. The fourth-order valence-electron chi connectivity index (χ4n) is 1.93. The van der Waals surface area contributed by atoms with Crippen LogP contribution in [0.1, 0.15) is 15.9 Å². The van der Waals surface area contributed by atoms with E-state index in [-0.39, 0.29) is 5.75 Å². The van der Waals surface area contributed by atoms with Crippen LogP contribution in [0, 0.1) is 5.82 Å². The van der Waals surface area contributed by atoms with Crippen LogP contribution in [-0.4, -0.2) is 33.5 Å². The SMILES string of the molecule is COc1cc(OC)cc(C(=O)N/N=C\c2ccc(OC)c(F)c2)c1. The molecule has 2 aromatic rings. The molecule has 1 amide bonds. The van der Waals surface area contributed by atoms with Crippen molar-refractivity contribution in [3.63, 3.8) is 0 Å². The highest BCUT2D eigenvalue weighted by Gasteiger charge is 2.09. The second kappa shape index (κ2) is 7.96. The van der Waals surface area contributed by atoms with Crippen molar-refractivity contribution >= 4 is 12.1 Å². The van der Waals surface area contributed by atoms with E-state index in [2.05, 4.69) is 10.5 Å². The minimum Gasteiger partial charge on any atom is -0.497 e. The molecule has 0 bridgehead atoms. The minimum atomic E-state index is -0.509. The van der Waals surface area contributed by atoms with Crippen LogP contribution in [0.3, 0.4) is 0 Å². The first-order chi connectivity index (χ1) is 11.6. The molecule has 0 aliphatic rings. The van der Waals surface area contributed by atoms with E-state index in [0.29, 0.717) is 22.6 Å². The molecule has 0 radical (unpaired) electrons. The summed E-state index contributed by atoms with van der Waals surface area (Å²) in [7, 11) is 4.37. The van der Waals surface area contributed by atoms with E-state index in [1.165, 1.54) is 39.7 Å². The molecule has 126 valence electrons. The Bertz CT molecular complexity index is 740. The van der Waals surface area contributed by atoms with E-state index >= 15 is 0 Å². The van der Waals surface area contributed by atoms with E-state index in [1.54, 1.807) is 24.3 Å². The molecular formula is C17H17FN2O4. The third kappa shape index (κ3) is 4.22. The maximum atomic E-state index is 13.6. The molecule has 2 aromatic carbocycles. The summed E-state index contributed by atoms with van der Waals surface area (Å²) in [5.74, 6) is 0.156. The zero-order chi connectivity index (χ0) is 17.5. The number of nitrogens with one attached hydrogen (secondary N) is 1.